The van der Waals surface area contributed by atoms with Crippen molar-refractivity contribution in [1.29, 1.82) is 0 Å². The number of nitrogens with zero attached hydrogens (tertiary/aromatic N) is 3. The Balaban J connectivity index is 1.63. The highest BCUT2D eigenvalue weighted by atomic mass is 32.2. The summed E-state index contributed by atoms with van der Waals surface area (Å²) in [5, 5.41) is 4.29. The zero-order chi connectivity index (χ0) is 28.2. The summed E-state index contributed by atoms with van der Waals surface area (Å²) in [7, 11) is 0.483. The first-order valence-electron chi connectivity index (χ1n) is 11.8. The summed E-state index contributed by atoms with van der Waals surface area (Å²) in [6.45, 7) is 0.204. The van der Waals surface area contributed by atoms with Gasteiger partial charge in [0, 0.05) is 29.7 Å². The van der Waals surface area contributed by atoms with Crippen LogP contribution in [-0.2, 0) is 29.7 Å². The number of rotatable bonds is 11. The van der Waals surface area contributed by atoms with Gasteiger partial charge in [0.2, 0.25) is 0 Å². The van der Waals surface area contributed by atoms with E-state index in [1.807, 2.05) is 19.0 Å². The van der Waals surface area contributed by atoms with Gasteiger partial charge in [0.25, 0.3) is 10.0 Å². The summed E-state index contributed by atoms with van der Waals surface area (Å²) in [6.07, 6.45) is 0. The number of sulfonamides is 1. The molecule has 1 N–H and O–H groups in total. The van der Waals surface area contributed by atoms with Gasteiger partial charge >= 0.3 is 0 Å². The van der Waals surface area contributed by atoms with Crippen molar-refractivity contribution in [2.75, 3.05) is 30.8 Å². The van der Waals surface area contributed by atoms with Crippen LogP contribution in [0.3, 0.4) is 0 Å². The molecule has 0 amide bonds. The van der Waals surface area contributed by atoms with Crippen molar-refractivity contribution in [2.24, 2.45) is 0 Å². The third kappa shape index (κ3) is 6.52. The number of thiazole rings is 1. The summed E-state index contributed by atoms with van der Waals surface area (Å²) in [5.74, 6) is -2.42. The van der Waals surface area contributed by atoms with Crippen molar-refractivity contribution in [3.8, 4) is 5.75 Å². The van der Waals surface area contributed by atoms with Gasteiger partial charge in [-0.15, -0.1) is 11.3 Å². The van der Waals surface area contributed by atoms with Gasteiger partial charge in [0.1, 0.15) is 23.2 Å². The summed E-state index contributed by atoms with van der Waals surface area (Å²) in [6, 6.07) is 13.1. The molecule has 1 aromatic heterocycles. The lowest BCUT2D eigenvalue weighted by Gasteiger charge is -2.23. The molecular weight excluding hydrogens is 549 g/mol. The van der Waals surface area contributed by atoms with Gasteiger partial charge in [-0.25, -0.2) is 30.9 Å². The van der Waals surface area contributed by atoms with E-state index in [1.165, 1.54) is 24.1 Å². The number of benzene rings is 3. The van der Waals surface area contributed by atoms with Gasteiger partial charge in [-0.2, -0.15) is 0 Å². The van der Waals surface area contributed by atoms with Crippen LogP contribution in [0.2, 0.25) is 0 Å². The maximum absolute atomic E-state index is 15.3. The molecule has 1 heterocycles. The van der Waals surface area contributed by atoms with Gasteiger partial charge in [-0.1, -0.05) is 24.3 Å². The second kappa shape index (κ2) is 12.1. The summed E-state index contributed by atoms with van der Waals surface area (Å²) < 4.78 is 78.3. The summed E-state index contributed by atoms with van der Waals surface area (Å²) >= 11 is 1.15. The van der Waals surface area contributed by atoms with Crippen LogP contribution in [0.4, 0.5) is 24.7 Å². The van der Waals surface area contributed by atoms with Crippen molar-refractivity contribution >= 4 is 32.9 Å². The van der Waals surface area contributed by atoms with Gasteiger partial charge < -0.3 is 15.0 Å². The van der Waals surface area contributed by atoms with Crippen molar-refractivity contribution in [3.63, 3.8) is 0 Å². The normalized spacial score (nSPS) is 11.6. The summed E-state index contributed by atoms with van der Waals surface area (Å²) in [4.78, 5) is 4.83. The predicted octanol–water partition coefficient (Wildman–Crippen LogP) is 5.64. The molecule has 3 aromatic carbocycles. The number of aromatic nitrogens is 1. The number of halogens is 3. The molecule has 12 heteroatoms. The lowest BCUT2D eigenvalue weighted by Crippen LogP contribution is -2.32. The van der Waals surface area contributed by atoms with Gasteiger partial charge in [0.05, 0.1) is 19.2 Å². The van der Waals surface area contributed by atoms with E-state index in [4.69, 9.17) is 4.74 Å². The molecule has 0 saturated heterocycles. The highest BCUT2D eigenvalue weighted by molar-refractivity contribution is 7.92. The Morgan fingerprint density at radius 3 is 2.26 bits per heavy atom. The minimum Gasteiger partial charge on any atom is -0.497 e. The first-order valence-corrected chi connectivity index (χ1v) is 14.2. The Morgan fingerprint density at radius 2 is 1.67 bits per heavy atom. The molecule has 0 radical (unpaired) electrons. The molecule has 7 nitrogen and oxygen atoms in total. The topological polar surface area (TPSA) is 74.8 Å². The lowest BCUT2D eigenvalue weighted by atomic mass is 10.1. The number of methoxy groups -OCH3 is 1. The molecule has 0 bridgehead atoms. The van der Waals surface area contributed by atoms with E-state index in [1.54, 1.807) is 36.4 Å². The number of ether oxygens (including phenoxy) is 1. The quantitative estimate of drug-likeness (QED) is 0.249. The molecule has 0 unspecified atom stereocenters. The Bertz CT molecular complexity index is 1510. The predicted molar refractivity (Wildman–Crippen MR) is 146 cm³/mol. The fraction of sp³-hybridized carbons (Fsp3) is 0.222. The van der Waals surface area contributed by atoms with E-state index in [2.05, 4.69) is 10.3 Å². The first kappa shape index (κ1) is 28.4. The van der Waals surface area contributed by atoms with Gasteiger partial charge in [-0.05, 0) is 55.6 Å². The van der Waals surface area contributed by atoms with Gasteiger partial charge in [0.15, 0.2) is 10.7 Å². The Labute approximate surface area is 229 Å². The largest absolute Gasteiger partial charge is 0.497 e. The highest BCUT2D eigenvalue weighted by Crippen LogP contribution is 2.31. The lowest BCUT2D eigenvalue weighted by molar-refractivity contribution is 0.399. The average Bonchev–Trinajstić information content (AvgIpc) is 3.41. The van der Waals surface area contributed by atoms with Crippen molar-refractivity contribution in [2.45, 2.75) is 24.5 Å². The van der Waals surface area contributed by atoms with Crippen LogP contribution >= 0.6 is 11.3 Å². The van der Waals surface area contributed by atoms with E-state index < -0.39 is 32.4 Å². The second-order valence-electron chi connectivity index (χ2n) is 8.94. The van der Waals surface area contributed by atoms with E-state index in [-0.39, 0.29) is 24.6 Å². The van der Waals surface area contributed by atoms with Crippen LogP contribution in [-0.4, -0.2) is 39.5 Å². The van der Waals surface area contributed by atoms with Crippen LogP contribution in [0.1, 0.15) is 16.7 Å². The Morgan fingerprint density at radius 1 is 0.974 bits per heavy atom. The Hall–Kier alpha value is -3.61. The standard InChI is InChI=1S/C27H27F3N4O3S2/c1-33(2)15-19-5-4-6-23(28)22(19)13-31-20-11-24(29)27(25(30)12-20)39(35,36)34(26-16-38-17-32-26)14-18-7-9-21(37-3)10-8-18/h4-12,16-17,31H,13-15H2,1-3H3. The minimum absolute atomic E-state index is 0.0293. The molecule has 0 aliphatic carbocycles. The molecule has 0 atom stereocenters. The van der Waals surface area contributed by atoms with Crippen LogP contribution < -0.4 is 14.4 Å². The van der Waals surface area contributed by atoms with E-state index in [9.17, 15) is 12.8 Å². The van der Waals surface area contributed by atoms with Crippen LogP contribution in [0, 0.1) is 17.5 Å². The molecule has 0 aliphatic rings. The fourth-order valence-electron chi connectivity index (χ4n) is 4.01. The maximum atomic E-state index is 15.3. The van der Waals surface area contributed by atoms with Crippen molar-refractivity contribution in [3.05, 3.63) is 99.6 Å². The highest BCUT2D eigenvalue weighted by Gasteiger charge is 2.33. The number of hydrogen-bond acceptors (Lipinski definition) is 7. The third-order valence-corrected chi connectivity index (χ3v) is 8.25. The maximum Gasteiger partial charge on any atom is 0.271 e. The van der Waals surface area contributed by atoms with Crippen LogP contribution in [0.5, 0.6) is 5.75 Å². The SMILES string of the molecule is COc1ccc(CN(c2cscn2)S(=O)(=O)c2c(F)cc(NCc3c(F)cccc3CN(C)C)cc2F)cc1. The fourth-order valence-corrected chi connectivity index (χ4v) is 6.12. The van der Waals surface area contributed by atoms with Crippen LogP contribution in [0.25, 0.3) is 0 Å². The first-order chi connectivity index (χ1) is 18.6. The molecule has 0 aliphatic heterocycles. The monoisotopic (exact) mass is 576 g/mol. The molecule has 4 rings (SSSR count). The molecule has 0 fully saturated rings. The van der Waals surface area contributed by atoms with E-state index in [0.717, 1.165) is 27.8 Å². The number of hydrogen-bond donors (Lipinski definition) is 1. The summed E-state index contributed by atoms with van der Waals surface area (Å²) in [5.41, 5.74) is 3.02. The molecule has 4 aromatic rings. The van der Waals surface area contributed by atoms with Crippen molar-refractivity contribution in [1.82, 2.24) is 9.88 Å². The molecule has 39 heavy (non-hydrogen) atoms. The van der Waals surface area contributed by atoms with Crippen molar-refractivity contribution < 1.29 is 26.3 Å². The smallest absolute Gasteiger partial charge is 0.271 e. The third-order valence-electron chi connectivity index (χ3n) is 5.88. The average molecular weight is 577 g/mol. The molecule has 0 spiro atoms. The second-order valence-corrected chi connectivity index (χ2v) is 11.5. The zero-order valence-electron chi connectivity index (χ0n) is 21.5. The zero-order valence-corrected chi connectivity index (χ0v) is 23.1. The van der Waals surface area contributed by atoms with Gasteiger partial charge in [-0.3, -0.25) is 0 Å². The van der Waals surface area contributed by atoms with E-state index in [0.29, 0.717) is 29.0 Å². The Kier molecular flexibility index (Phi) is 8.78. The number of anilines is 2. The number of nitrogens with one attached hydrogen (secondary N) is 1. The minimum atomic E-state index is -4.71. The molecule has 0 saturated carbocycles. The van der Waals surface area contributed by atoms with E-state index >= 15 is 8.78 Å². The molecule has 206 valence electrons. The molecular formula is C27H27F3N4O3S2. The van der Waals surface area contributed by atoms with Crippen LogP contribution in [0.15, 0.2) is 70.4 Å².